The third-order valence-corrected chi connectivity index (χ3v) is 10.1. The van der Waals surface area contributed by atoms with E-state index in [1.807, 2.05) is 30.3 Å². The van der Waals surface area contributed by atoms with Crippen LogP contribution >= 0.6 is 7.52 Å². The summed E-state index contributed by atoms with van der Waals surface area (Å²) in [5.41, 5.74) is 0.928. The Kier molecular flexibility index (Phi) is 10.1. The van der Waals surface area contributed by atoms with Crippen molar-refractivity contribution in [1.82, 2.24) is 24.7 Å². The molecule has 252 valence electrons. The van der Waals surface area contributed by atoms with Gasteiger partial charge in [0.15, 0.2) is 11.5 Å². The van der Waals surface area contributed by atoms with Gasteiger partial charge in [-0.25, -0.2) is 19.6 Å². The summed E-state index contributed by atoms with van der Waals surface area (Å²) in [6.45, 7) is 4.74. The van der Waals surface area contributed by atoms with Gasteiger partial charge in [0.05, 0.1) is 24.6 Å². The predicted molar refractivity (Wildman–Crippen MR) is 173 cm³/mol. The van der Waals surface area contributed by atoms with Crippen molar-refractivity contribution in [3.63, 3.8) is 0 Å². The number of aliphatic hydroxyl groups is 2. The number of rotatable bonds is 13. The minimum Gasteiger partial charge on any atom is -0.462 e. The van der Waals surface area contributed by atoms with Crippen molar-refractivity contribution in [3.8, 4) is 5.75 Å². The molecular weight excluding hydrogens is 627 g/mol. The van der Waals surface area contributed by atoms with Crippen LogP contribution in [0.25, 0.3) is 16.4 Å². The van der Waals surface area contributed by atoms with Gasteiger partial charge in [-0.05, 0) is 56.5 Å². The average Bonchev–Trinajstić information content (AvgIpc) is 3.78. The molecule has 6 rings (SSSR count). The van der Waals surface area contributed by atoms with Crippen LogP contribution in [0, 0.1) is 0 Å². The third-order valence-electron chi connectivity index (χ3n) is 8.29. The molecule has 3 heterocycles. The van der Waals surface area contributed by atoms with Crippen LogP contribution in [0.4, 0.5) is 5.82 Å². The van der Waals surface area contributed by atoms with Gasteiger partial charge in [-0.15, -0.1) is 0 Å². The number of aliphatic hydroxyl groups excluding tert-OH is 2. The Morgan fingerprint density at radius 1 is 1.09 bits per heavy atom. The van der Waals surface area contributed by atoms with Crippen LogP contribution in [0.5, 0.6) is 5.75 Å². The number of anilines is 1. The molecule has 15 heteroatoms. The zero-order valence-corrected chi connectivity index (χ0v) is 27.5. The predicted octanol–water partition coefficient (Wildman–Crippen LogP) is 3.97. The van der Waals surface area contributed by atoms with E-state index in [1.54, 1.807) is 36.7 Å². The van der Waals surface area contributed by atoms with Crippen molar-refractivity contribution >= 4 is 35.7 Å². The first-order valence-electron chi connectivity index (χ1n) is 15.9. The van der Waals surface area contributed by atoms with E-state index in [-0.39, 0.29) is 12.7 Å². The fraction of sp³-hybridized carbons (Fsp3) is 0.500. The highest BCUT2D eigenvalue weighted by atomic mass is 31.2. The van der Waals surface area contributed by atoms with E-state index in [1.165, 1.54) is 13.3 Å². The summed E-state index contributed by atoms with van der Waals surface area (Å²) in [5.74, 6) is 0.310. The Balaban J connectivity index is 1.14. The number of ether oxygens (including phenoxy) is 3. The third kappa shape index (κ3) is 7.58. The maximum atomic E-state index is 14.1. The molecule has 1 aliphatic heterocycles. The van der Waals surface area contributed by atoms with Gasteiger partial charge in [0.2, 0.25) is 0 Å². The molecule has 0 bridgehead atoms. The van der Waals surface area contributed by atoms with E-state index < -0.39 is 50.3 Å². The molecule has 1 unspecified atom stereocenters. The minimum absolute atomic E-state index is 0.230. The van der Waals surface area contributed by atoms with Crippen LogP contribution in [0.15, 0.2) is 55.0 Å². The second-order valence-corrected chi connectivity index (χ2v) is 14.4. The van der Waals surface area contributed by atoms with E-state index in [2.05, 4.69) is 25.5 Å². The molecule has 2 aliphatic rings. The fourth-order valence-electron chi connectivity index (χ4n) is 5.98. The number of nitrogens with one attached hydrogen (secondary N) is 2. The lowest BCUT2D eigenvalue weighted by Crippen LogP contribution is -2.37. The zero-order valence-electron chi connectivity index (χ0n) is 26.6. The molecule has 0 radical (unpaired) electrons. The Bertz CT molecular complexity index is 1750. The quantitative estimate of drug-likeness (QED) is 0.119. The number of aromatic nitrogens is 4. The Hall–Kier alpha value is -3.65. The second kappa shape index (κ2) is 14.2. The summed E-state index contributed by atoms with van der Waals surface area (Å²) in [7, 11) is -3.89. The van der Waals surface area contributed by atoms with E-state index >= 15 is 0 Å². The van der Waals surface area contributed by atoms with Crippen LogP contribution in [0.3, 0.4) is 0 Å². The molecular formula is C32H41N6O8P. The van der Waals surface area contributed by atoms with E-state index in [0.717, 1.165) is 36.5 Å². The normalized spacial score (nSPS) is 23.7. The molecule has 1 saturated carbocycles. The standard InChI is InChI=1S/C32H41N6O8P/c1-19(2)44-32(41)20(3)37-47(42,46-24-13-12-21-8-4-5-9-22(21)14-24)18-43-16-26-27(39)28(40)29(45-26)25-15-33-31-30(34-17-35-38(25)31)36-23-10-6-7-11-23/h4-5,8-9,12-15,17,19-20,23,26-29,39-40H,6-7,10-11,16,18H2,1-3H3,(H,37,42)(H,34,35,36)/t20-,26+,27+,28+,29-,47?/m0/s1. The highest BCUT2D eigenvalue weighted by Crippen LogP contribution is 2.45. The summed E-state index contributed by atoms with van der Waals surface area (Å²) in [6, 6.07) is 12.3. The number of esters is 1. The zero-order chi connectivity index (χ0) is 33.1. The highest BCUT2D eigenvalue weighted by Gasteiger charge is 2.45. The van der Waals surface area contributed by atoms with Gasteiger partial charge in [0.1, 0.15) is 48.9 Å². The van der Waals surface area contributed by atoms with Crippen molar-refractivity contribution in [1.29, 1.82) is 0 Å². The molecule has 1 saturated heterocycles. The van der Waals surface area contributed by atoms with Gasteiger partial charge in [-0.3, -0.25) is 9.36 Å². The first kappa shape index (κ1) is 33.3. The van der Waals surface area contributed by atoms with Crippen molar-refractivity contribution in [3.05, 3.63) is 60.7 Å². The number of imidazole rings is 1. The van der Waals surface area contributed by atoms with Crippen LogP contribution in [0.1, 0.15) is 58.3 Å². The molecule has 0 spiro atoms. The molecule has 4 N–H and O–H groups in total. The Morgan fingerprint density at radius 2 is 1.85 bits per heavy atom. The van der Waals surface area contributed by atoms with Crippen LogP contribution in [-0.4, -0.2) is 85.2 Å². The SMILES string of the molecule is CC(C)OC(=O)[C@H](C)NP(=O)(COC[C@H]1O[C@@H](c2cnc3c(NC4CCCC4)ncnn23)[C@H](O)[C@@H]1O)Oc1ccc2ccccc2c1. The van der Waals surface area contributed by atoms with Crippen molar-refractivity contribution < 1.29 is 38.3 Å². The van der Waals surface area contributed by atoms with Crippen molar-refractivity contribution in [2.75, 3.05) is 18.3 Å². The molecule has 14 nitrogen and oxygen atoms in total. The Labute approximate surface area is 272 Å². The summed E-state index contributed by atoms with van der Waals surface area (Å²) < 4.78 is 38.8. The van der Waals surface area contributed by atoms with Gasteiger partial charge < -0.3 is 34.3 Å². The lowest BCUT2D eigenvalue weighted by atomic mass is 10.1. The van der Waals surface area contributed by atoms with Gasteiger partial charge in [0.25, 0.3) is 0 Å². The van der Waals surface area contributed by atoms with Crippen LogP contribution < -0.4 is 14.9 Å². The number of benzene rings is 2. The minimum atomic E-state index is -3.89. The van der Waals surface area contributed by atoms with E-state index in [9.17, 15) is 19.6 Å². The molecule has 0 amide bonds. The average molecular weight is 669 g/mol. The number of hydrogen-bond donors (Lipinski definition) is 4. The molecule has 1 aliphatic carbocycles. The number of carbonyl (C=O) groups is 1. The monoisotopic (exact) mass is 668 g/mol. The maximum absolute atomic E-state index is 14.1. The number of carbonyl (C=O) groups excluding carboxylic acids is 1. The van der Waals surface area contributed by atoms with Gasteiger partial charge in [-0.2, -0.15) is 5.10 Å². The topological polar surface area (TPSA) is 179 Å². The molecule has 6 atom stereocenters. The number of fused-ring (bicyclic) bond motifs is 2. The van der Waals surface area contributed by atoms with E-state index in [4.69, 9.17) is 18.7 Å². The summed E-state index contributed by atoms with van der Waals surface area (Å²) in [6.07, 6.45) is 1.98. The lowest BCUT2D eigenvalue weighted by molar-refractivity contribution is -0.149. The molecule has 2 aromatic carbocycles. The first-order valence-corrected chi connectivity index (χ1v) is 17.7. The summed E-state index contributed by atoms with van der Waals surface area (Å²) in [5, 5.41) is 34.3. The van der Waals surface area contributed by atoms with Crippen molar-refractivity contribution in [2.24, 2.45) is 0 Å². The van der Waals surface area contributed by atoms with Crippen LogP contribution in [0.2, 0.25) is 0 Å². The van der Waals surface area contributed by atoms with Crippen molar-refractivity contribution in [2.45, 2.75) is 89.1 Å². The fourth-order valence-corrected chi connectivity index (χ4v) is 7.66. The molecule has 4 aromatic rings. The number of nitrogens with zero attached hydrogens (tertiary/aromatic N) is 4. The smallest absolute Gasteiger partial charge is 0.342 e. The summed E-state index contributed by atoms with van der Waals surface area (Å²) in [4.78, 5) is 21.4. The lowest BCUT2D eigenvalue weighted by Gasteiger charge is -2.25. The highest BCUT2D eigenvalue weighted by molar-refractivity contribution is 7.57. The first-order chi connectivity index (χ1) is 22.6. The Morgan fingerprint density at radius 3 is 2.62 bits per heavy atom. The van der Waals surface area contributed by atoms with Gasteiger partial charge >= 0.3 is 13.5 Å². The van der Waals surface area contributed by atoms with E-state index in [0.29, 0.717) is 29.0 Å². The van der Waals surface area contributed by atoms with Gasteiger partial charge in [0, 0.05) is 6.04 Å². The van der Waals surface area contributed by atoms with Gasteiger partial charge in [-0.1, -0.05) is 43.2 Å². The van der Waals surface area contributed by atoms with Crippen LogP contribution in [-0.2, 0) is 23.6 Å². The molecule has 2 fully saturated rings. The number of hydrogen-bond acceptors (Lipinski definition) is 12. The second-order valence-electron chi connectivity index (χ2n) is 12.3. The molecule has 47 heavy (non-hydrogen) atoms. The summed E-state index contributed by atoms with van der Waals surface area (Å²) >= 11 is 0. The largest absolute Gasteiger partial charge is 0.462 e. The maximum Gasteiger partial charge on any atom is 0.342 e. The molecule has 2 aromatic heterocycles.